The lowest BCUT2D eigenvalue weighted by atomic mass is 10.0. The van der Waals surface area contributed by atoms with Gasteiger partial charge < -0.3 is 9.64 Å². The fourth-order valence-electron chi connectivity index (χ4n) is 2.83. The van der Waals surface area contributed by atoms with Crippen LogP contribution in [0.4, 0.5) is 0 Å². The SMILES string of the molecule is COc1ccccc1C(C)N(C(C)=O)C(C)c1cccnc1. The fourth-order valence-corrected chi connectivity index (χ4v) is 2.83. The van der Waals surface area contributed by atoms with Crippen molar-refractivity contribution in [1.29, 1.82) is 0 Å². The molecule has 22 heavy (non-hydrogen) atoms. The first-order valence-corrected chi connectivity index (χ1v) is 7.38. The van der Waals surface area contributed by atoms with Crippen LogP contribution < -0.4 is 4.74 Å². The zero-order valence-corrected chi connectivity index (χ0v) is 13.5. The highest BCUT2D eigenvalue weighted by atomic mass is 16.5. The van der Waals surface area contributed by atoms with Crippen molar-refractivity contribution in [2.45, 2.75) is 32.9 Å². The second-order valence-corrected chi connectivity index (χ2v) is 5.31. The molecule has 0 spiro atoms. The Morgan fingerprint density at radius 3 is 2.45 bits per heavy atom. The molecular formula is C18H22N2O2. The Morgan fingerprint density at radius 2 is 1.86 bits per heavy atom. The number of pyridine rings is 1. The Bertz CT molecular complexity index is 628. The molecule has 4 heteroatoms. The van der Waals surface area contributed by atoms with Gasteiger partial charge in [0.25, 0.3) is 0 Å². The molecule has 2 atom stereocenters. The molecule has 116 valence electrons. The average Bonchev–Trinajstić information content (AvgIpc) is 2.55. The molecule has 0 aliphatic carbocycles. The standard InChI is InChI=1S/C18H22N2O2/c1-13(16-8-7-11-19-12-16)20(15(3)21)14(2)17-9-5-6-10-18(17)22-4/h5-14H,1-4H3. The van der Waals surface area contributed by atoms with Gasteiger partial charge >= 0.3 is 0 Å². The van der Waals surface area contributed by atoms with E-state index in [1.54, 1.807) is 26.4 Å². The summed E-state index contributed by atoms with van der Waals surface area (Å²) in [5.41, 5.74) is 2.01. The van der Waals surface area contributed by atoms with Crippen LogP contribution >= 0.6 is 0 Å². The van der Waals surface area contributed by atoms with Crippen molar-refractivity contribution in [2.75, 3.05) is 7.11 Å². The molecular weight excluding hydrogens is 276 g/mol. The van der Waals surface area contributed by atoms with E-state index in [0.29, 0.717) is 0 Å². The maximum Gasteiger partial charge on any atom is 0.220 e. The molecule has 2 rings (SSSR count). The zero-order valence-electron chi connectivity index (χ0n) is 13.5. The van der Waals surface area contributed by atoms with Gasteiger partial charge in [-0.05, 0) is 31.5 Å². The summed E-state index contributed by atoms with van der Waals surface area (Å²) in [6, 6.07) is 11.5. The van der Waals surface area contributed by atoms with E-state index >= 15 is 0 Å². The molecule has 4 nitrogen and oxygen atoms in total. The first kappa shape index (κ1) is 16.0. The number of carbonyl (C=O) groups is 1. The van der Waals surface area contributed by atoms with Crippen LogP contribution in [-0.2, 0) is 4.79 Å². The van der Waals surface area contributed by atoms with Gasteiger partial charge in [0, 0.05) is 24.9 Å². The molecule has 0 radical (unpaired) electrons. The van der Waals surface area contributed by atoms with Crippen molar-refractivity contribution >= 4 is 5.91 Å². The number of methoxy groups -OCH3 is 1. The van der Waals surface area contributed by atoms with Crippen LogP contribution in [0.25, 0.3) is 0 Å². The maximum absolute atomic E-state index is 12.2. The lowest BCUT2D eigenvalue weighted by molar-refractivity contribution is -0.133. The van der Waals surface area contributed by atoms with Gasteiger partial charge in [0.15, 0.2) is 0 Å². The molecule has 1 aromatic heterocycles. The minimum absolute atomic E-state index is 0.0229. The first-order valence-electron chi connectivity index (χ1n) is 7.38. The summed E-state index contributed by atoms with van der Waals surface area (Å²) < 4.78 is 5.43. The number of ether oxygens (including phenoxy) is 1. The molecule has 0 saturated heterocycles. The van der Waals surface area contributed by atoms with Crippen LogP contribution in [0.3, 0.4) is 0 Å². The predicted octanol–water partition coefficient (Wildman–Crippen LogP) is 3.76. The van der Waals surface area contributed by atoms with E-state index in [9.17, 15) is 4.79 Å². The van der Waals surface area contributed by atoms with E-state index in [0.717, 1.165) is 16.9 Å². The van der Waals surface area contributed by atoms with Gasteiger partial charge in [-0.1, -0.05) is 24.3 Å². The Morgan fingerprint density at radius 1 is 1.14 bits per heavy atom. The van der Waals surface area contributed by atoms with Crippen LogP contribution in [0.5, 0.6) is 5.75 Å². The maximum atomic E-state index is 12.2. The predicted molar refractivity (Wildman–Crippen MR) is 86.6 cm³/mol. The van der Waals surface area contributed by atoms with Crippen LogP contribution in [0, 0.1) is 0 Å². The number of carbonyl (C=O) groups excluding carboxylic acids is 1. The highest BCUT2D eigenvalue weighted by Gasteiger charge is 2.26. The average molecular weight is 298 g/mol. The van der Waals surface area contributed by atoms with Crippen molar-refractivity contribution in [1.82, 2.24) is 9.88 Å². The molecule has 1 aromatic carbocycles. The second-order valence-electron chi connectivity index (χ2n) is 5.31. The number of hydrogen-bond acceptors (Lipinski definition) is 3. The Hall–Kier alpha value is -2.36. The van der Waals surface area contributed by atoms with Crippen molar-refractivity contribution in [2.24, 2.45) is 0 Å². The largest absolute Gasteiger partial charge is 0.496 e. The van der Waals surface area contributed by atoms with E-state index in [2.05, 4.69) is 4.98 Å². The van der Waals surface area contributed by atoms with Crippen molar-refractivity contribution < 1.29 is 9.53 Å². The first-order chi connectivity index (χ1) is 10.6. The van der Waals surface area contributed by atoms with Gasteiger partial charge in [-0.15, -0.1) is 0 Å². The Kier molecular flexibility index (Phi) is 5.15. The van der Waals surface area contributed by atoms with Crippen molar-refractivity contribution in [3.63, 3.8) is 0 Å². The molecule has 0 fully saturated rings. The number of para-hydroxylation sites is 1. The van der Waals surface area contributed by atoms with E-state index in [-0.39, 0.29) is 18.0 Å². The molecule has 0 aliphatic rings. The third-order valence-corrected chi connectivity index (χ3v) is 3.95. The Labute approximate surface area is 131 Å². The minimum atomic E-state index is -0.0937. The quantitative estimate of drug-likeness (QED) is 0.844. The van der Waals surface area contributed by atoms with Crippen LogP contribution in [-0.4, -0.2) is 22.9 Å². The van der Waals surface area contributed by atoms with E-state index < -0.39 is 0 Å². The summed E-state index contributed by atoms with van der Waals surface area (Å²) in [5.74, 6) is 0.814. The second kappa shape index (κ2) is 7.07. The van der Waals surface area contributed by atoms with Gasteiger partial charge in [0.05, 0.1) is 19.2 Å². The van der Waals surface area contributed by atoms with Gasteiger partial charge in [0.2, 0.25) is 5.91 Å². The number of benzene rings is 1. The monoisotopic (exact) mass is 298 g/mol. The number of aromatic nitrogens is 1. The van der Waals surface area contributed by atoms with Crippen molar-refractivity contribution in [3.8, 4) is 5.75 Å². The van der Waals surface area contributed by atoms with Gasteiger partial charge in [-0.25, -0.2) is 0 Å². The zero-order chi connectivity index (χ0) is 16.1. The van der Waals surface area contributed by atoms with E-state index in [1.807, 2.05) is 55.1 Å². The molecule has 2 aromatic rings. The highest BCUT2D eigenvalue weighted by molar-refractivity contribution is 5.74. The third kappa shape index (κ3) is 3.27. The fraction of sp³-hybridized carbons (Fsp3) is 0.333. The van der Waals surface area contributed by atoms with Gasteiger partial charge in [-0.2, -0.15) is 0 Å². The number of hydrogen-bond donors (Lipinski definition) is 0. The van der Waals surface area contributed by atoms with E-state index in [1.165, 1.54) is 0 Å². The summed E-state index contributed by atoms with van der Waals surface area (Å²) in [5, 5.41) is 0. The smallest absolute Gasteiger partial charge is 0.220 e. The molecule has 2 unspecified atom stereocenters. The third-order valence-electron chi connectivity index (χ3n) is 3.95. The molecule has 0 N–H and O–H groups in total. The van der Waals surface area contributed by atoms with Crippen molar-refractivity contribution in [3.05, 3.63) is 59.9 Å². The summed E-state index contributed by atoms with van der Waals surface area (Å²) in [4.78, 5) is 18.2. The van der Waals surface area contributed by atoms with Crippen LogP contribution in [0.15, 0.2) is 48.8 Å². The number of nitrogens with zero attached hydrogens (tertiary/aromatic N) is 2. The minimum Gasteiger partial charge on any atom is -0.496 e. The topological polar surface area (TPSA) is 42.4 Å². The summed E-state index contributed by atoms with van der Waals surface area (Å²) in [6.07, 6.45) is 3.54. The molecule has 1 amide bonds. The summed E-state index contributed by atoms with van der Waals surface area (Å²) >= 11 is 0. The summed E-state index contributed by atoms with van der Waals surface area (Å²) in [7, 11) is 1.65. The molecule has 0 bridgehead atoms. The van der Waals surface area contributed by atoms with Gasteiger partial charge in [0.1, 0.15) is 5.75 Å². The summed E-state index contributed by atoms with van der Waals surface area (Å²) in [6.45, 7) is 5.63. The number of rotatable bonds is 5. The number of amides is 1. The van der Waals surface area contributed by atoms with E-state index in [4.69, 9.17) is 4.74 Å². The lowest BCUT2D eigenvalue weighted by Gasteiger charge is -2.35. The van der Waals surface area contributed by atoms with Crippen LogP contribution in [0.1, 0.15) is 44.0 Å². The molecule has 1 heterocycles. The molecule has 0 aliphatic heterocycles. The van der Waals surface area contributed by atoms with Gasteiger partial charge in [-0.3, -0.25) is 9.78 Å². The Balaban J connectivity index is 2.37. The van der Waals surface area contributed by atoms with Crippen LogP contribution in [0.2, 0.25) is 0 Å². The lowest BCUT2D eigenvalue weighted by Crippen LogP contribution is -2.34. The molecule has 0 saturated carbocycles. The normalized spacial score (nSPS) is 13.3. The highest BCUT2D eigenvalue weighted by Crippen LogP contribution is 2.34.